The standard InChI is InChI=1S/C16H22N4O.HI/c1-12-8-13(2)10-14(9-12)4-6-18-16(17-3)19-11-15-5-7-21-20-15;/h5,7-10H,4,6,11H2,1-3H3,(H2,17,18,19);1H. The van der Waals surface area contributed by atoms with Crippen molar-refractivity contribution in [2.45, 2.75) is 26.8 Å². The third-order valence-corrected chi connectivity index (χ3v) is 3.14. The van der Waals surface area contributed by atoms with Crippen LogP contribution in [0.15, 0.2) is 40.0 Å². The van der Waals surface area contributed by atoms with Crippen LogP contribution in [-0.4, -0.2) is 24.7 Å². The summed E-state index contributed by atoms with van der Waals surface area (Å²) in [5.41, 5.74) is 4.80. The number of benzene rings is 1. The number of aryl methyl sites for hydroxylation is 2. The first-order valence-corrected chi connectivity index (χ1v) is 7.08. The number of hydrogen-bond acceptors (Lipinski definition) is 3. The van der Waals surface area contributed by atoms with Gasteiger partial charge in [-0.15, -0.1) is 24.0 Å². The molecule has 1 aromatic heterocycles. The summed E-state index contributed by atoms with van der Waals surface area (Å²) in [7, 11) is 1.76. The zero-order chi connectivity index (χ0) is 15.1. The Morgan fingerprint density at radius 3 is 2.50 bits per heavy atom. The Morgan fingerprint density at radius 2 is 1.91 bits per heavy atom. The molecular formula is C16H23IN4O. The lowest BCUT2D eigenvalue weighted by molar-refractivity contribution is 0.410. The summed E-state index contributed by atoms with van der Waals surface area (Å²) in [4.78, 5) is 4.19. The normalized spacial score (nSPS) is 11.0. The SMILES string of the molecule is CN=C(NCCc1cc(C)cc(C)c1)NCc1ccon1.I. The Labute approximate surface area is 148 Å². The minimum absolute atomic E-state index is 0. The fourth-order valence-corrected chi connectivity index (χ4v) is 2.26. The van der Waals surface area contributed by atoms with Gasteiger partial charge < -0.3 is 15.2 Å². The van der Waals surface area contributed by atoms with Gasteiger partial charge in [-0.25, -0.2) is 0 Å². The Balaban J connectivity index is 0.00000242. The van der Waals surface area contributed by atoms with Gasteiger partial charge in [0.2, 0.25) is 0 Å². The summed E-state index contributed by atoms with van der Waals surface area (Å²) < 4.78 is 4.79. The Bertz CT molecular complexity index is 576. The summed E-state index contributed by atoms with van der Waals surface area (Å²) >= 11 is 0. The van der Waals surface area contributed by atoms with E-state index in [-0.39, 0.29) is 24.0 Å². The van der Waals surface area contributed by atoms with E-state index in [9.17, 15) is 0 Å². The minimum Gasteiger partial charge on any atom is -0.364 e. The molecule has 0 fully saturated rings. The van der Waals surface area contributed by atoms with Gasteiger partial charge in [-0.3, -0.25) is 4.99 Å². The van der Waals surface area contributed by atoms with Crippen molar-refractivity contribution in [1.82, 2.24) is 15.8 Å². The highest BCUT2D eigenvalue weighted by Crippen LogP contribution is 2.08. The molecule has 0 bridgehead atoms. The first-order valence-electron chi connectivity index (χ1n) is 7.08. The molecule has 0 atom stereocenters. The molecule has 2 rings (SSSR count). The zero-order valence-corrected chi connectivity index (χ0v) is 15.5. The second-order valence-corrected chi connectivity index (χ2v) is 5.09. The van der Waals surface area contributed by atoms with Crippen molar-refractivity contribution in [2.75, 3.05) is 13.6 Å². The number of halogens is 1. The molecule has 1 aromatic carbocycles. The van der Waals surface area contributed by atoms with E-state index in [1.807, 2.05) is 6.07 Å². The van der Waals surface area contributed by atoms with Gasteiger partial charge >= 0.3 is 0 Å². The molecule has 120 valence electrons. The second kappa shape index (κ2) is 9.45. The van der Waals surface area contributed by atoms with E-state index in [1.54, 1.807) is 13.3 Å². The first kappa shape index (κ1) is 18.5. The van der Waals surface area contributed by atoms with Gasteiger partial charge in [-0.1, -0.05) is 34.5 Å². The van der Waals surface area contributed by atoms with E-state index in [2.05, 4.69) is 52.8 Å². The lowest BCUT2D eigenvalue weighted by atomic mass is 10.1. The number of guanidine groups is 1. The lowest BCUT2D eigenvalue weighted by Crippen LogP contribution is -2.37. The lowest BCUT2D eigenvalue weighted by Gasteiger charge is -2.11. The molecule has 0 amide bonds. The average Bonchev–Trinajstić information content (AvgIpc) is 2.94. The van der Waals surface area contributed by atoms with Gasteiger partial charge in [0.15, 0.2) is 5.96 Å². The van der Waals surface area contributed by atoms with Gasteiger partial charge in [-0.05, 0) is 25.8 Å². The molecule has 2 N–H and O–H groups in total. The number of rotatable bonds is 5. The molecule has 0 radical (unpaired) electrons. The number of aliphatic imine (C=N–C) groups is 1. The monoisotopic (exact) mass is 414 g/mol. The van der Waals surface area contributed by atoms with Crippen LogP contribution in [0.3, 0.4) is 0 Å². The van der Waals surface area contributed by atoms with Crippen molar-refractivity contribution in [3.63, 3.8) is 0 Å². The molecule has 0 saturated heterocycles. The van der Waals surface area contributed by atoms with Crippen molar-refractivity contribution < 1.29 is 4.52 Å². The molecule has 6 heteroatoms. The van der Waals surface area contributed by atoms with E-state index in [0.29, 0.717) is 6.54 Å². The second-order valence-electron chi connectivity index (χ2n) is 5.09. The van der Waals surface area contributed by atoms with Crippen LogP contribution in [0.2, 0.25) is 0 Å². The third kappa shape index (κ3) is 6.05. The Morgan fingerprint density at radius 1 is 1.18 bits per heavy atom. The minimum atomic E-state index is 0. The number of nitrogens with zero attached hydrogens (tertiary/aromatic N) is 2. The van der Waals surface area contributed by atoms with Crippen LogP contribution in [0.5, 0.6) is 0 Å². The van der Waals surface area contributed by atoms with Crippen LogP contribution in [0.25, 0.3) is 0 Å². The zero-order valence-electron chi connectivity index (χ0n) is 13.2. The molecule has 0 aliphatic rings. The van der Waals surface area contributed by atoms with Gasteiger partial charge in [0, 0.05) is 19.7 Å². The molecule has 0 unspecified atom stereocenters. The highest BCUT2D eigenvalue weighted by Gasteiger charge is 2.01. The molecule has 0 aliphatic heterocycles. The van der Waals surface area contributed by atoms with Crippen molar-refractivity contribution in [3.8, 4) is 0 Å². The summed E-state index contributed by atoms with van der Waals surface area (Å²) in [5, 5.41) is 10.3. The fraction of sp³-hybridized carbons (Fsp3) is 0.375. The van der Waals surface area contributed by atoms with Crippen LogP contribution >= 0.6 is 24.0 Å². The van der Waals surface area contributed by atoms with E-state index in [0.717, 1.165) is 24.6 Å². The van der Waals surface area contributed by atoms with E-state index >= 15 is 0 Å². The molecule has 5 nitrogen and oxygen atoms in total. The maximum atomic E-state index is 4.79. The molecule has 0 aliphatic carbocycles. The van der Waals surface area contributed by atoms with E-state index in [1.165, 1.54) is 16.7 Å². The predicted molar refractivity (Wildman–Crippen MR) is 99.7 cm³/mol. The van der Waals surface area contributed by atoms with E-state index in [4.69, 9.17) is 4.52 Å². The van der Waals surface area contributed by atoms with Gasteiger partial charge in [0.1, 0.15) is 12.0 Å². The molecular weight excluding hydrogens is 391 g/mol. The Kier molecular flexibility index (Phi) is 7.94. The van der Waals surface area contributed by atoms with Crippen molar-refractivity contribution >= 4 is 29.9 Å². The fourth-order valence-electron chi connectivity index (χ4n) is 2.26. The molecule has 0 spiro atoms. The predicted octanol–water partition coefficient (Wildman–Crippen LogP) is 2.82. The summed E-state index contributed by atoms with van der Waals surface area (Å²) in [6.07, 6.45) is 2.53. The van der Waals surface area contributed by atoms with Crippen LogP contribution in [0.4, 0.5) is 0 Å². The van der Waals surface area contributed by atoms with Crippen LogP contribution < -0.4 is 10.6 Å². The van der Waals surface area contributed by atoms with Crippen LogP contribution in [-0.2, 0) is 13.0 Å². The number of nitrogens with one attached hydrogen (secondary N) is 2. The van der Waals surface area contributed by atoms with E-state index < -0.39 is 0 Å². The van der Waals surface area contributed by atoms with Crippen LogP contribution in [0.1, 0.15) is 22.4 Å². The van der Waals surface area contributed by atoms with Crippen molar-refractivity contribution in [2.24, 2.45) is 4.99 Å². The quantitative estimate of drug-likeness (QED) is 0.449. The van der Waals surface area contributed by atoms with Gasteiger partial charge in [0.25, 0.3) is 0 Å². The number of aromatic nitrogens is 1. The molecule has 22 heavy (non-hydrogen) atoms. The summed E-state index contributed by atoms with van der Waals surface area (Å²) in [5.74, 6) is 0.766. The first-order chi connectivity index (χ1) is 10.2. The van der Waals surface area contributed by atoms with Crippen molar-refractivity contribution in [3.05, 3.63) is 52.9 Å². The topological polar surface area (TPSA) is 62.5 Å². The molecule has 0 saturated carbocycles. The van der Waals surface area contributed by atoms with Crippen molar-refractivity contribution in [1.29, 1.82) is 0 Å². The number of hydrogen-bond donors (Lipinski definition) is 2. The third-order valence-electron chi connectivity index (χ3n) is 3.14. The summed E-state index contributed by atoms with van der Waals surface area (Å²) in [6, 6.07) is 8.46. The Hall–Kier alpha value is -1.57. The largest absolute Gasteiger partial charge is 0.364 e. The highest BCUT2D eigenvalue weighted by molar-refractivity contribution is 14.0. The maximum Gasteiger partial charge on any atom is 0.191 e. The molecule has 1 heterocycles. The highest BCUT2D eigenvalue weighted by atomic mass is 127. The van der Waals surface area contributed by atoms with Gasteiger partial charge in [0.05, 0.1) is 6.54 Å². The molecule has 2 aromatic rings. The van der Waals surface area contributed by atoms with Crippen LogP contribution in [0, 0.1) is 13.8 Å². The summed E-state index contributed by atoms with van der Waals surface area (Å²) in [6.45, 7) is 5.69. The maximum absolute atomic E-state index is 4.79. The smallest absolute Gasteiger partial charge is 0.191 e. The van der Waals surface area contributed by atoms with Gasteiger partial charge in [-0.2, -0.15) is 0 Å². The average molecular weight is 414 g/mol.